The van der Waals surface area contributed by atoms with E-state index in [1.807, 2.05) is 13.1 Å². The highest BCUT2D eigenvalue weighted by Crippen LogP contribution is 2.02. The maximum atomic E-state index is 11.6. The van der Waals surface area contributed by atoms with E-state index in [2.05, 4.69) is 24.3 Å². The predicted molar refractivity (Wildman–Crippen MR) is 67.4 cm³/mol. The molecule has 0 radical (unpaired) electrons. The monoisotopic (exact) mass is 238 g/mol. The lowest BCUT2D eigenvalue weighted by atomic mass is 10.0. The molecule has 1 heterocycles. The molecule has 3 N–H and O–H groups in total. The molecule has 0 saturated carbocycles. The number of aryl methyl sites for hydroxylation is 1. The molecule has 1 rings (SSSR count). The minimum absolute atomic E-state index is 0.0686. The summed E-state index contributed by atoms with van der Waals surface area (Å²) in [4.78, 5) is 11.6. The number of carbonyl (C=O) groups is 1. The van der Waals surface area contributed by atoms with E-state index >= 15 is 0 Å². The second kappa shape index (κ2) is 6.39. The third-order valence-corrected chi connectivity index (χ3v) is 2.66. The molecule has 1 amide bonds. The van der Waals surface area contributed by atoms with Crippen molar-refractivity contribution < 1.29 is 4.79 Å². The standard InChI is InChI=1S/C12H22N4O/c1-9(2)8-11(13)12(17)14-6-4-10-5-7-15-16(10)3/h5,7,9,11H,4,6,8,13H2,1-3H3,(H,14,17)/t11-/m1/s1. The van der Waals surface area contributed by atoms with Crippen molar-refractivity contribution in [2.24, 2.45) is 18.7 Å². The van der Waals surface area contributed by atoms with E-state index in [9.17, 15) is 4.79 Å². The molecular weight excluding hydrogens is 216 g/mol. The lowest BCUT2D eigenvalue weighted by molar-refractivity contribution is -0.122. The Morgan fingerprint density at radius 1 is 1.59 bits per heavy atom. The van der Waals surface area contributed by atoms with E-state index in [-0.39, 0.29) is 5.91 Å². The summed E-state index contributed by atoms with van der Waals surface area (Å²) in [6.45, 7) is 4.72. The number of nitrogens with zero attached hydrogens (tertiary/aromatic N) is 2. The van der Waals surface area contributed by atoms with Gasteiger partial charge in [0.25, 0.3) is 0 Å². The zero-order valence-corrected chi connectivity index (χ0v) is 10.8. The van der Waals surface area contributed by atoms with Crippen molar-refractivity contribution in [3.05, 3.63) is 18.0 Å². The zero-order chi connectivity index (χ0) is 12.8. The molecule has 0 aliphatic rings. The molecule has 0 fully saturated rings. The van der Waals surface area contributed by atoms with E-state index in [1.165, 1.54) is 0 Å². The zero-order valence-electron chi connectivity index (χ0n) is 10.8. The van der Waals surface area contributed by atoms with Crippen LogP contribution in [0.5, 0.6) is 0 Å². The fourth-order valence-electron chi connectivity index (χ4n) is 1.71. The van der Waals surface area contributed by atoms with Gasteiger partial charge in [0.1, 0.15) is 0 Å². The van der Waals surface area contributed by atoms with Gasteiger partial charge < -0.3 is 11.1 Å². The van der Waals surface area contributed by atoms with Crippen LogP contribution in [0.4, 0.5) is 0 Å². The third-order valence-electron chi connectivity index (χ3n) is 2.66. The van der Waals surface area contributed by atoms with Gasteiger partial charge in [0.05, 0.1) is 6.04 Å². The van der Waals surface area contributed by atoms with Gasteiger partial charge in [0, 0.05) is 31.9 Å². The van der Waals surface area contributed by atoms with Crippen LogP contribution in [0.15, 0.2) is 12.3 Å². The maximum Gasteiger partial charge on any atom is 0.236 e. The molecule has 5 heteroatoms. The normalized spacial score (nSPS) is 12.8. The molecule has 0 spiro atoms. The summed E-state index contributed by atoms with van der Waals surface area (Å²) in [5.74, 6) is 0.369. The number of carbonyl (C=O) groups excluding carboxylic acids is 1. The number of nitrogens with one attached hydrogen (secondary N) is 1. The molecule has 5 nitrogen and oxygen atoms in total. The quantitative estimate of drug-likeness (QED) is 0.756. The van der Waals surface area contributed by atoms with Crippen LogP contribution in [-0.4, -0.2) is 28.3 Å². The highest BCUT2D eigenvalue weighted by atomic mass is 16.2. The topological polar surface area (TPSA) is 72.9 Å². The fraction of sp³-hybridized carbons (Fsp3) is 0.667. The predicted octanol–water partition coefficient (Wildman–Crippen LogP) is 0.452. The van der Waals surface area contributed by atoms with Gasteiger partial charge in [-0.15, -0.1) is 0 Å². The second-order valence-corrected chi connectivity index (χ2v) is 4.72. The van der Waals surface area contributed by atoms with Crippen LogP contribution in [0, 0.1) is 5.92 Å². The molecule has 0 bridgehead atoms. The molecule has 0 aliphatic heterocycles. The fourth-order valence-corrected chi connectivity index (χ4v) is 1.71. The first-order valence-electron chi connectivity index (χ1n) is 6.01. The summed E-state index contributed by atoms with van der Waals surface area (Å²) in [5, 5.41) is 6.92. The molecule has 0 aromatic carbocycles. The Hall–Kier alpha value is -1.36. The Bertz CT molecular complexity index is 359. The number of hydrogen-bond donors (Lipinski definition) is 2. The van der Waals surface area contributed by atoms with Crippen LogP contribution < -0.4 is 11.1 Å². The smallest absolute Gasteiger partial charge is 0.236 e. The Balaban J connectivity index is 2.27. The average Bonchev–Trinajstić information content (AvgIpc) is 2.63. The van der Waals surface area contributed by atoms with Crippen LogP contribution in [0.1, 0.15) is 26.0 Å². The average molecular weight is 238 g/mol. The molecule has 17 heavy (non-hydrogen) atoms. The number of amides is 1. The number of nitrogens with two attached hydrogens (primary N) is 1. The number of rotatable bonds is 6. The first-order valence-corrected chi connectivity index (χ1v) is 6.01. The van der Waals surface area contributed by atoms with Gasteiger partial charge in [-0.05, 0) is 18.4 Å². The van der Waals surface area contributed by atoms with Gasteiger partial charge in [0.2, 0.25) is 5.91 Å². The third kappa shape index (κ3) is 4.56. The molecule has 96 valence electrons. The van der Waals surface area contributed by atoms with Crippen LogP contribution in [0.25, 0.3) is 0 Å². The molecular formula is C12H22N4O. The molecule has 0 aliphatic carbocycles. The second-order valence-electron chi connectivity index (χ2n) is 4.72. The SMILES string of the molecule is CC(C)C[C@@H](N)C(=O)NCCc1ccnn1C. The summed E-state index contributed by atoms with van der Waals surface area (Å²) >= 11 is 0. The Morgan fingerprint density at radius 3 is 2.82 bits per heavy atom. The van der Waals surface area contributed by atoms with Crippen molar-refractivity contribution in [1.82, 2.24) is 15.1 Å². The minimum Gasteiger partial charge on any atom is -0.354 e. The first-order chi connectivity index (χ1) is 8.00. The summed E-state index contributed by atoms with van der Waals surface area (Å²) in [7, 11) is 1.89. The van der Waals surface area contributed by atoms with E-state index in [0.29, 0.717) is 12.5 Å². The maximum absolute atomic E-state index is 11.6. The van der Waals surface area contributed by atoms with E-state index in [4.69, 9.17) is 5.73 Å². The summed E-state index contributed by atoms with van der Waals surface area (Å²) in [6.07, 6.45) is 3.25. The van der Waals surface area contributed by atoms with Crippen molar-refractivity contribution in [2.45, 2.75) is 32.7 Å². The van der Waals surface area contributed by atoms with Crippen molar-refractivity contribution in [3.8, 4) is 0 Å². The highest BCUT2D eigenvalue weighted by molar-refractivity contribution is 5.81. The van der Waals surface area contributed by atoms with Gasteiger partial charge in [-0.2, -0.15) is 5.10 Å². The van der Waals surface area contributed by atoms with Crippen molar-refractivity contribution >= 4 is 5.91 Å². The Kier molecular flexibility index (Phi) is 5.15. The molecule has 1 aromatic rings. The molecule has 0 unspecified atom stereocenters. The Morgan fingerprint density at radius 2 is 2.29 bits per heavy atom. The van der Waals surface area contributed by atoms with Crippen LogP contribution >= 0.6 is 0 Å². The highest BCUT2D eigenvalue weighted by Gasteiger charge is 2.14. The Labute approximate surface area is 102 Å². The van der Waals surface area contributed by atoms with Gasteiger partial charge in [0.15, 0.2) is 0 Å². The van der Waals surface area contributed by atoms with Crippen molar-refractivity contribution in [3.63, 3.8) is 0 Å². The van der Waals surface area contributed by atoms with E-state index in [1.54, 1.807) is 10.9 Å². The van der Waals surface area contributed by atoms with E-state index < -0.39 is 6.04 Å². The largest absolute Gasteiger partial charge is 0.354 e. The lowest BCUT2D eigenvalue weighted by Crippen LogP contribution is -2.42. The van der Waals surface area contributed by atoms with E-state index in [0.717, 1.165) is 18.5 Å². The first kappa shape index (κ1) is 13.7. The van der Waals surface area contributed by atoms with Crippen molar-refractivity contribution in [1.29, 1.82) is 0 Å². The van der Waals surface area contributed by atoms with Gasteiger partial charge >= 0.3 is 0 Å². The van der Waals surface area contributed by atoms with Crippen LogP contribution in [0.3, 0.4) is 0 Å². The summed E-state index contributed by atoms with van der Waals surface area (Å²) < 4.78 is 1.81. The van der Waals surface area contributed by atoms with Crippen LogP contribution in [-0.2, 0) is 18.3 Å². The van der Waals surface area contributed by atoms with Crippen LogP contribution in [0.2, 0.25) is 0 Å². The number of hydrogen-bond acceptors (Lipinski definition) is 3. The number of aromatic nitrogens is 2. The lowest BCUT2D eigenvalue weighted by Gasteiger charge is -2.14. The van der Waals surface area contributed by atoms with Gasteiger partial charge in [-0.1, -0.05) is 13.8 Å². The molecule has 0 saturated heterocycles. The molecule has 1 atom stereocenters. The van der Waals surface area contributed by atoms with Gasteiger partial charge in [-0.3, -0.25) is 9.48 Å². The minimum atomic E-state index is -0.401. The molecule has 1 aromatic heterocycles. The summed E-state index contributed by atoms with van der Waals surface area (Å²) in [5.41, 5.74) is 6.88. The van der Waals surface area contributed by atoms with Crippen molar-refractivity contribution in [2.75, 3.05) is 6.54 Å². The summed E-state index contributed by atoms with van der Waals surface area (Å²) in [6, 6.07) is 1.54. The van der Waals surface area contributed by atoms with Gasteiger partial charge in [-0.25, -0.2) is 0 Å².